The highest BCUT2D eigenvalue weighted by atomic mass is 16.5. The van der Waals surface area contributed by atoms with E-state index in [1.165, 1.54) is 7.11 Å². The Morgan fingerprint density at radius 3 is 2.64 bits per heavy atom. The summed E-state index contributed by atoms with van der Waals surface area (Å²) >= 11 is 0. The normalized spacial score (nSPS) is 21.5. The first-order valence-electron chi connectivity index (χ1n) is 7.39. The van der Waals surface area contributed by atoms with Gasteiger partial charge in [0.1, 0.15) is 5.75 Å². The van der Waals surface area contributed by atoms with Crippen LogP contribution in [0.1, 0.15) is 23.7 Å². The average molecular weight is 305 g/mol. The topological polar surface area (TPSA) is 70.7 Å². The molecule has 0 radical (unpaired) electrons. The fourth-order valence-corrected chi connectivity index (χ4v) is 2.75. The predicted octanol–water partition coefficient (Wildman–Crippen LogP) is 1.33. The van der Waals surface area contributed by atoms with Gasteiger partial charge in [0, 0.05) is 18.7 Å². The Morgan fingerprint density at radius 2 is 2.09 bits per heavy atom. The molecule has 0 spiro atoms. The summed E-state index contributed by atoms with van der Waals surface area (Å²) in [5.41, 5.74) is 1.08. The van der Waals surface area contributed by atoms with Crippen molar-refractivity contribution in [2.24, 2.45) is 5.92 Å². The first-order valence-corrected chi connectivity index (χ1v) is 7.39. The van der Waals surface area contributed by atoms with E-state index in [-0.39, 0.29) is 23.8 Å². The van der Waals surface area contributed by atoms with Crippen molar-refractivity contribution in [1.29, 1.82) is 0 Å². The van der Waals surface area contributed by atoms with E-state index in [2.05, 4.69) is 22.5 Å². The molecule has 2 amide bonds. The number of anilines is 1. The number of ether oxygens (including phenoxy) is 1. The molecule has 1 aromatic carbocycles. The lowest BCUT2D eigenvalue weighted by Gasteiger charge is -2.20. The molecule has 2 rings (SSSR count). The van der Waals surface area contributed by atoms with Crippen molar-refractivity contribution >= 4 is 17.5 Å². The van der Waals surface area contributed by atoms with E-state index >= 15 is 0 Å². The maximum atomic E-state index is 12.4. The minimum absolute atomic E-state index is 0.0113. The zero-order chi connectivity index (χ0) is 16.3. The molecule has 1 fully saturated rings. The van der Waals surface area contributed by atoms with E-state index in [1.807, 2.05) is 7.05 Å². The molecule has 22 heavy (non-hydrogen) atoms. The molecule has 2 atom stereocenters. The number of carbonyl (C=O) groups is 2. The predicted molar refractivity (Wildman–Crippen MR) is 85.2 cm³/mol. The summed E-state index contributed by atoms with van der Waals surface area (Å²) in [4.78, 5) is 26.3. The fourth-order valence-electron chi connectivity index (χ4n) is 2.75. The minimum Gasteiger partial charge on any atom is -0.495 e. The SMILES string of the molecule is CNC(=O)c1ccc(NC(=O)[C@@H]2CCN(C)[C@@H]2C)c(OC)c1. The quantitative estimate of drug-likeness (QED) is 0.880. The first kappa shape index (κ1) is 16.3. The molecule has 6 heteroatoms. The number of nitrogens with one attached hydrogen (secondary N) is 2. The third-order valence-electron chi connectivity index (χ3n) is 4.36. The van der Waals surface area contributed by atoms with Gasteiger partial charge in [-0.25, -0.2) is 0 Å². The fraction of sp³-hybridized carbons (Fsp3) is 0.500. The van der Waals surface area contributed by atoms with Crippen molar-refractivity contribution in [2.75, 3.05) is 33.1 Å². The van der Waals surface area contributed by atoms with Gasteiger partial charge in [-0.1, -0.05) is 0 Å². The zero-order valence-corrected chi connectivity index (χ0v) is 13.5. The summed E-state index contributed by atoms with van der Waals surface area (Å²) in [6.07, 6.45) is 0.849. The average Bonchev–Trinajstić information content (AvgIpc) is 2.86. The molecule has 6 nitrogen and oxygen atoms in total. The van der Waals surface area contributed by atoms with Crippen molar-refractivity contribution < 1.29 is 14.3 Å². The third-order valence-corrected chi connectivity index (χ3v) is 4.36. The molecule has 1 heterocycles. The van der Waals surface area contributed by atoms with Crippen LogP contribution in [0.5, 0.6) is 5.75 Å². The molecular formula is C16H23N3O3. The molecule has 0 bridgehead atoms. The molecule has 1 aliphatic rings. The highest BCUT2D eigenvalue weighted by molar-refractivity contribution is 5.98. The Hall–Kier alpha value is -2.08. The summed E-state index contributed by atoms with van der Waals surface area (Å²) in [5, 5.41) is 5.48. The molecule has 0 saturated carbocycles. The van der Waals surface area contributed by atoms with Gasteiger partial charge >= 0.3 is 0 Å². The van der Waals surface area contributed by atoms with Gasteiger partial charge in [0.15, 0.2) is 0 Å². The number of nitrogens with zero attached hydrogens (tertiary/aromatic N) is 1. The van der Waals surface area contributed by atoms with E-state index in [0.717, 1.165) is 13.0 Å². The van der Waals surface area contributed by atoms with Crippen LogP contribution in [0.4, 0.5) is 5.69 Å². The second kappa shape index (κ2) is 6.79. The molecule has 1 aliphatic heterocycles. The van der Waals surface area contributed by atoms with Crippen LogP contribution in [-0.4, -0.2) is 50.5 Å². The van der Waals surface area contributed by atoms with Gasteiger partial charge in [-0.05, 0) is 45.1 Å². The van der Waals surface area contributed by atoms with Crippen molar-refractivity contribution in [3.63, 3.8) is 0 Å². The summed E-state index contributed by atoms with van der Waals surface area (Å²) in [5.74, 6) is 0.242. The van der Waals surface area contributed by atoms with E-state index in [4.69, 9.17) is 4.74 Å². The molecule has 0 aliphatic carbocycles. The number of rotatable bonds is 4. The largest absolute Gasteiger partial charge is 0.495 e. The molecule has 0 unspecified atom stereocenters. The van der Waals surface area contributed by atoms with Crippen LogP contribution in [0, 0.1) is 5.92 Å². The highest BCUT2D eigenvalue weighted by Gasteiger charge is 2.33. The Balaban J connectivity index is 2.15. The van der Waals surface area contributed by atoms with Gasteiger partial charge in [0.05, 0.1) is 18.7 Å². The highest BCUT2D eigenvalue weighted by Crippen LogP contribution is 2.29. The van der Waals surface area contributed by atoms with E-state index in [1.54, 1.807) is 25.2 Å². The second-order valence-electron chi connectivity index (χ2n) is 5.60. The third kappa shape index (κ3) is 3.22. The number of hydrogen-bond acceptors (Lipinski definition) is 4. The van der Waals surface area contributed by atoms with Crippen LogP contribution in [0.3, 0.4) is 0 Å². The molecule has 2 N–H and O–H groups in total. The maximum Gasteiger partial charge on any atom is 0.251 e. The summed E-state index contributed by atoms with van der Waals surface area (Å²) in [7, 11) is 5.11. The Kier molecular flexibility index (Phi) is 5.03. The Labute approximate surface area is 130 Å². The van der Waals surface area contributed by atoms with Crippen molar-refractivity contribution in [3.8, 4) is 5.75 Å². The van der Waals surface area contributed by atoms with Crippen LogP contribution in [0.25, 0.3) is 0 Å². The van der Waals surface area contributed by atoms with Gasteiger partial charge in [-0.2, -0.15) is 0 Å². The number of amides is 2. The van der Waals surface area contributed by atoms with E-state index in [0.29, 0.717) is 17.0 Å². The lowest BCUT2D eigenvalue weighted by Crippen LogP contribution is -2.33. The number of benzene rings is 1. The summed E-state index contributed by atoms with van der Waals surface area (Å²) in [6.45, 7) is 2.98. The van der Waals surface area contributed by atoms with Gasteiger partial charge in [0.25, 0.3) is 5.91 Å². The number of hydrogen-bond donors (Lipinski definition) is 2. The monoisotopic (exact) mass is 305 g/mol. The van der Waals surface area contributed by atoms with Crippen LogP contribution in [0.2, 0.25) is 0 Å². The molecule has 120 valence electrons. The number of likely N-dealkylation sites (tertiary alicyclic amines) is 1. The van der Waals surface area contributed by atoms with Crippen LogP contribution in [0.15, 0.2) is 18.2 Å². The van der Waals surface area contributed by atoms with Gasteiger partial charge in [0.2, 0.25) is 5.91 Å². The summed E-state index contributed by atoms with van der Waals surface area (Å²) in [6, 6.07) is 5.21. The smallest absolute Gasteiger partial charge is 0.251 e. The van der Waals surface area contributed by atoms with Crippen LogP contribution in [-0.2, 0) is 4.79 Å². The molecule has 1 aromatic rings. The first-order chi connectivity index (χ1) is 10.5. The van der Waals surface area contributed by atoms with Crippen molar-refractivity contribution in [3.05, 3.63) is 23.8 Å². The number of carbonyl (C=O) groups excluding carboxylic acids is 2. The van der Waals surface area contributed by atoms with Gasteiger partial charge in [-0.15, -0.1) is 0 Å². The lowest BCUT2D eigenvalue weighted by molar-refractivity contribution is -0.120. The molecule has 1 saturated heterocycles. The van der Waals surface area contributed by atoms with Crippen molar-refractivity contribution in [1.82, 2.24) is 10.2 Å². The lowest BCUT2D eigenvalue weighted by atomic mass is 10.0. The minimum atomic E-state index is -0.192. The Morgan fingerprint density at radius 1 is 1.36 bits per heavy atom. The zero-order valence-electron chi connectivity index (χ0n) is 13.5. The molecule has 0 aromatic heterocycles. The van der Waals surface area contributed by atoms with Crippen LogP contribution >= 0.6 is 0 Å². The Bertz CT molecular complexity index is 574. The van der Waals surface area contributed by atoms with Crippen LogP contribution < -0.4 is 15.4 Å². The van der Waals surface area contributed by atoms with Gasteiger partial charge in [-0.3, -0.25) is 9.59 Å². The van der Waals surface area contributed by atoms with Crippen molar-refractivity contribution in [2.45, 2.75) is 19.4 Å². The number of methoxy groups -OCH3 is 1. The van der Waals surface area contributed by atoms with Gasteiger partial charge < -0.3 is 20.3 Å². The van der Waals surface area contributed by atoms with E-state index < -0.39 is 0 Å². The molecular weight excluding hydrogens is 282 g/mol. The second-order valence-corrected chi connectivity index (χ2v) is 5.60. The standard InChI is InChI=1S/C16H23N3O3/c1-10-12(7-8-19(10)3)16(21)18-13-6-5-11(15(20)17-2)9-14(13)22-4/h5-6,9-10,12H,7-8H2,1-4H3,(H,17,20)(H,18,21)/t10-,12-/m1/s1. The maximum absolute atomic E-state index is 12.4. The summed E-state index contributed by atoms with van der Waals surface area (Å²) < 4.78 is 5.29. The van der Waals surface area contributed by atoms with E-state index in [9.17, 15) is 9.59 Å².